The average Bonchev–Trinajstić information content (AvgIpc) is 2.37. The molecular weight excluding hydrogens is 252 g/mol. The van der Waals surface area contributed by atoms with Crippen molar-refractivity contribution in [3.8, 4) is 5.88 Å². The number of rotatable bonds is 3. The van der Waals surface area contributed by atoms with E-state index in [0.29, 0.717) is 11.7 Å². The molecule has 0 spiro atoms. The van der Waals surface area contributed by atoms with Crippen LogP contribution in [0.4, 0.5) is 5.82 Å². The smallest absolute Gasteiger partial charge is 0.219 e. The maximum atomic E-state index is 6.06. The lowest BCUT2D eigenvalue weighted by Gasteiger charge is -2.27. The molecule has 1 aliphatic carbocycles. The minimum absolute atomic E-state index is 0.134. The Morgan fingerprint density at radius 2 is 2.05 bits per heavy atom. The minimum Gasteiger partial charge on any atom is -0.474 e. The van der Waals surface area contributed by atoms with E-state index in [0.717, 1.165) is 24.6 Å². The Hall–Kier alpha value is -1.36. The first-order valence-electron chi connectivity index (χ1n) is 7.41. The van der Waals surface area contributed by atoms with Crippen LogP contribution in [0.25, 0.3) is 0 Å². The van der Waals surface area contributed by atoms with Crippen molar-refractivity contribution in [1.29, 1.82) is 0 Å². The predicted octanol–water partition coefficient (Wildman–Crippen LogP) is 3.02. The van der Waals surface area contributed by atoms with E-state index in [1.54, 1.807) is 6.07 Å². The molecule has 5 nitrogen and oxygen atoms in total. The van der Waals surface area contributed by atoms with E-state index in [4.69, 9.17) is 10.6 Å². The molecule has 1 aromatic heterocycles. The highest BCUT2D eigenvalue weighted by Crippen LogP contribution is 2.28. The van der Waals surface area contributed by atoms with Gasteiger partial charge in [0.1, 0.15) is 17.7 Å². The summed E-state index contributed by atoms with van der Waals surface area (Å²) in [7, 11) is 0. The fourth-order valence-corrected chi connectivity index (χ4v) is 2.55. The molecule has 0 amide bonds. The van der Waals surface area contributed by atoms with E-state index in [2.05, 4.69) is 43.1 Å². The van der Waals surface area contributed by atoms with Gasteiger partial charge in [-0.2, -0.15) is 4.98 Å². The van der Waals surface area contributed by atoms with Crippen LogP contribution >= 0.6 is 0 Å². The number of ether oxygens (including phenoxy) is 1. The maximum absolute atomic E-state index is 6.06. The van der Waals surface area contributed by atoms with Gasteiger partial charge < -0.3 is 10.2 Å². The zero-order valence-corrected chi connectivity index (χ0v) is 12.9. The van der Waals surface area contributed by atoms with Crippen molar-refractivity contribution in [3.05, 3.63) is 11.9 Å². The van der Waals surface area contributed by atoms with E-state index >= 15 is 0 Å². The van der Waals surface area contributed by atoms with Crippen LogP contribution in [-0.4, -0.2) is 16.1 Å². The van der Waals surface area contributed by atoms with Crippen LogP contribution in [0.5, 0.6) is 5.88 Å². The third-order valence-electron chi connectivity index (χ3n) is 3.70. The first kappa shape index (κ1) is 15.0. The number of hydrazine groups is 1. The summed E-state index contributed by atoms with van der Waals surface area (Å²) in [6, 6.07) is 1.77. The lowest BCUT2D eigenvalue weighted by atomic mass is 9.89. The second-order valence-corrected chi connectivity index (χ2v) is 6.82. The van der Waals surface area contributed by atoms with E-state index in [1.165, 1.54) is 12.8 Å². The summed E-state index contributed by atoms with van der Waals surface area (Å²) in [5, 5.41) is 0. The van der Waals surface area contributed by atoms with Crippen molar-refractivity contribution in [2.24, 2.45) is 11.8 Å². The number of aromatic nitrogens is 2. The SMILES string of the molecule is CC1CCCC(Oc2cc(NN)nc(C(C)(C)C)n2)C1. The average molecular weight is 278 g/mol. The second-order valence-electron chi connectivity index (χ2n) is 6.82. The normalized spacial score (nSPS) is 23.4. The van der Waals surface area contributed by atoms with Crippen LogP contribution in [0.3, 0.4) is 0 Å². The lowest BCUT2D eigenvalue weighted by Crippen LogP contribution is -2.26. The highest BCUT2D eigenvalue weighted by Gasteiger charge is 2.23. The molecule has 1 aromatic rings. The topological polar surface area (TPSA) is 73.1 Å². The van der Waals surface area contributed by atoms with Gasteiger partial charge >= 0.3 is 0 Å². The summed E-state index contributed by atoms with van der Waals surface area (Å²) in [4.78, 5) is 8.95. The minimum atomic E-state index is -0.134. The monoisotopic (exact) mass is 278 g/mol. The summed E-state index contributed by atoms with van der Waals surface area (Å²) in [6.07, 6.45) is 4.98. The Morgan fingerprint density at radius 3 is 2.65 bits per heavy atom. The van der Waals surface area contributed by atoms with Crippen LogP contribution in [0.1, 0.15) is 59.2 Å². The van der Waals surface area contributed by atoms with Gasteiger partial charge in [0.05, 0.1) is 0 Å². The summed E-state index contributed by atoms with van der Waals surface area (Å²) >= 11 is 0. The molecular formula is C15H26N4O. The van der Waals surface area contributed by atoms with Gasteiger partial charge in [-0.3, -0.25) is 0 Å². The van der Waals surface area contributed by atoms with E-state index < -0.39 is 0 Å². The number of nitrogens with one attached hydrogen (secondary N) is 1. The van der Waals surface area contributed by atoms with Gasteiger partial charge in [0.25, 0.3) is 0 Å². The van der Waals surface area contributed by atoms with Gasteiger partial charge in [-0.25, -0.2) is 10.8 Å². The fraction of sp³-hybridized carbons (Fsp3) is 0.733. The highest BCUT2D eigenvalue weighted by atomic mass is 16.5. The Labute approximate surface area is 121 Å². The van der Waals surface area contributed by atoms with Gasteiger partial charge in [-0.1, -0.05) is 34.1 Å². The Kier molecular flexibility index (Phi) is 4.48. The van der Waals surface area contributed by atoms with E-state index in [-0.39, 0.29) is 11.5 Å². The van der Waals surface area contributed by atoms with Crippen molar-refractivity contribution >= 4 is 5.82 Å². The molecule has 1 saturated carbocycles. The Balaban J connectivity index is 2.18. The summed E-state index contributed by atoms with van der Waals surface area (Å²) in [6.45, 7) is 8.52. The first-order valence-corrected chi connectivity index (χ1v) is 7.41. The van der Waals surface area contributed by atoms with Gasteiger partial charge in [0, 0.05) is 11.5 Å². The summed E-state index contributed by atoms with van der Waals surface area (Å²) in [5.74, 6) is 8.18. The van der Waals surface area contributed by atoms with Crippen LogP contribution in [0.15, 0.2) is 6.07 Å². The molecule has 0 bridgehead atoms. The second kappa shape index (κ2) is 5.95. The fourth-order valence-electron chi connectivity index (χ4n) is 2.55. The van der Waals surface area contributed by atoms with Crippen LogP contribution in [0.2, 0.25) is 0 Å². The van der Waals surface area contributed by atoms with Crippen molar-refractivity contribution < 1.29 is 4.74 Å². The molecule has 0 aliphatic heterocycles. The number of hydrogen-bond acceptors (Lipinski definition) is 5. The highest BCUT2D eigenvalue weighted by molar-refractivity contribution is 5.38. The number of nitrogen functional groups attached to an aromatic ring is 1. The zero-order valence-electron chi connectivity index (χ0n) is 12.9. The van der Waals surface area contributed by atoms with Crippen LogP contribution in [-0.2, 0) is 5.41 Å². The third-order valence-corrected chi connectivity index (χ3v) is 3.70. The Morgan fingerprint density at radius 1 is 1.30 bits per heavy atom. The molecule has 1 heterocycles. The van der Waals surface area contributed by atoms with Gasteiger partial charge in [-0.15, -0.1) is 0 Å². The number of nitrogens with two attached hydrogens (primary N) is 1. The molecule has 1 fully saturated rings. The molecule has 0 saturated heterocycles. The van der Waals surface area contributed by atoms with Gasteiger partial charge in [-0.05, 0) is 25.2 Å². The van der Waals surface area contributed by atoms with E-state index in [9.17, 15) is 0 Å². The number of nitrogens with zero attached hydrogens (tertiary/aromatic N) is 2. The summed E-state index contributed by atoms with van der Waals surface area (Å²) in [5.41, 5.74) is 2.46. The molecule has 2 atom stereocenters. The molecule has 1 aliphatic rings. The van der Waals surface area contributed by atoms with Crippen LogP contribution in [0, 0.1) is 5.92 Å². The van der Waals surface area contributed by atoms with Crippen molar-refractivity contribution in [2.75, 3.05) is 5.43 Å². The molecule has 0 aromatic carbocycles. The van der Waals surface area contributed by atoms with Crippen molar-refractivity contribution in [2.45, 2.75) is 64.9 Å². The molecule has 2 unspecified atom stereocenters. The summed E-state index contributed by atoms with van der Waals surface area (Å²) < 4.78 is 6.06. The maximum Gasteiger partial charge on any atom is 0.219 e. The quantitative estimate of drug-likeness (QED) is 0.657. The van der Waals surface area contributed by atoms with E-state index in [1.807, 2.05) is 0 Å². The largest absolute Gasteiger partial charge is 0.474 e. The molecule has 0 radical (unpaired) electrons. The first-order chi connectivity index (χ1) is 9.38. The predicted molar refractivity (Wildman–Crippen MR) is 80.6 cm³/mol. The molecule has 3 N–H and O–H groups in total. The third kappa shape index (κ3) is 3.82. The molecule has 20 heavy (non-hydrogen) atoms. The van der Waals surface area contributed by atoms with Crippen molar-refractivity contribution in [1.82, 2.24) is 9.97 Å². The standard InChI is InChI=1S/C15H26N4O/c1-10-6-5-7-11(8-10)20-13-9-12(19-16)17-14(18-13)15(2,3)4/h9-11H,5-8,16H2,1-4H3,(H,17,18,19). The zero-order chi connectivity index (χ0) is 14.8. The molecule has 5 heteroatoms. The molecule has 2 rings (SSSR count). The number of hydrogen-bond donors (Lipinski definition) is 2. The Bertz CT molecular complexity index is 456. The van der Waals surface area contributed by atoms with Crippen molar-refractivity contribution in [3.63, 3.8) is 0 Å². The molecule has 112 valence electrons. The van der Waals surface area contributed by atoms with Gasteiger partial charge in [0.2, 0.25) is 5.88 Å². The van der Waals surface area contributed by atoms with Crippen LogP contribution < -0.4 is 16.0 Å². The van der Waals surface area contributed by atoms with Gasteiger partial charge in [0.15, 0.2) is 0 Å². The lowest BCUT2D eigenvalue weighted by molar-refractivity contribution is 0.123. The number of anilines is 1.